The van der Waals surface area contributed by atoms with E-state index in [1.54, 1.807) is 7.11 Å². The lowest BCUT2D eigenvalue weighted by Gasteiger charge is -2.32. The number of nitrogens with zero attached hydrogens (tertiary/aromatic N) is 1. The zero-order valence-corrected chi connectivity index (χ0v) is 11.7. The Balaban J connectivity index is 2.15. The Labute approximate surface area is 114 Å². The van der Waals surface area contributed by atoms with Gasteiger partial charge in [0.15, 0.2) is 0 Å². The summed E-state index contributed by atoms with van der Waals surface area (Å²) in [6.45, 7) is 4.21. The minimum absolute atomic E-state index is 0.171. The van der Waals surface area contributed by atoms with Crippen LogP contribution in [0.25, 0.3) is 0 Å². The molecule has 1 aliphatic rings. The first-order chi connectivity index (χ1) is 9.26. The minimum Gasteiger partial charge on any atom is -0.383 e. The van der Waals surface area contributed by atoms with Gasteiger partial charge in [0.1, 0.15) is 0 Å². The lowest BCUT2D eigenvalue weighted by molar-refractivity contribution is -0.119. The molecular weight excluding hydrogens is 240 g/mol. The van der Waals surface area contributed by atoms with Crippen LogP contribution in [0.4, 0.5) is 5.69 Å². The molecule has 1 aliphatic heterocycles. The largest absolute Gasteiger partial charge is 0.383 e. The molecule has 0 saturated carbocycles. The predicted octanol–water partition coefficient (Wildman–Crippen LogP) is 1.59. The first kappa shape index (κ1) is 14.0. The highest BCUT2D eigenvalue weighted by Gasteiger charge is 2.25. The molecule has 0 saturated heterocycles. The van der Waals surface area contributed by atoms with Crippen LogP contribution in [0.5, 0.6) is 0 Å². The fourth-order valence-electron chi connectivity index (χ4n) is 2.58. The van der Waals surface area contributed by atoms with Crippen molar-refractivity contribution >= 4 is 11.6 Å². The van der Waals surface area contributed by atoms with Crippen LogP contribution in [-0.4, -0.2) is 38.8 Å². The van der Waals surface area contributed by atoms with E-state index in [0.29, 0.717) is 19.6 Å². The number of hydrogen-bond acceptors (Lipinski definition) is 3. The van der Waals surface area contributed by atoms with Crippen molar-refractivity contribution < 1.29 is 9.53 Å². The Kier molecular flexibility index (Phi) is 4.93. The number of carbonyl (C=O) groups excluding carboxylic acids is 1. The molecule has 1 amide bonds. The minimum atomic E-state index is 0.171. The topological polar surface area (TPSA) is 41.6 Å². The summed E-state index contributed by atoms with van der Waals surface area (Å²) < 4.78 is 5.22. The maximum atomic E-state index is 12.2. The van der Waals surface area contributed by atoms with E-state index in [1.165, 1.54) is 5.56 Å². The van der Waals surface area contributed by atoms with Gasteiger partial charge in [0.2, 0.25) is 5.91 Å². The van der Waals surface area contributed by atoms with E-state index < -0.39 is 0 Å². The van der Waals surface area contributed by atoms with Gasteiger partial charge in [0.05, 0.1) is 6.61 Å². The molecule has 0 aliphatic carbocycles. The number of hydrogen-bond donors (Lipinski definition) is 1. The number of aryl methyl sites for hydroxylation is 1. The van der Waals surface area contributed by atoms with Gasteiger partial charge >= 0.3 is 0 Å². The first-order valence-corrected chi connectivity index (χ1v) is 6.86. The van der Waals surface area contributed by atoms with Gasteiger partial charge in [0.25, 0.3) is 0 Å². The van der Waals surface area contributed by atoms with Crippen LogP contribution in [0.2, 0.25) is 0 Å². The van der Waals surface area contributed by atoms with Crippen molar-refractivity contribution in [1.29, 1.82) is 0 Å². The molecule has 4 nitrogen and oxygen atoms in total. The number of rotatable bonds is 6. The number of amides is 1. The van der Waals surface area contributed by atoms with Crippen molar-refractivity contribution in [2.24, 2.45) is 0 Å². The van der Waals surface area contributed by atoms with Gasteiger partial charge in [-0.2, -0.15) is 0 Å². The third-order valence-corrected chi connectivity index (χ3v) is 3.46. The van der Waals surface area contributed by atoms with Crippen LogP contribution >= 0.6 is 0 Å². The molecule has 2 rings (SSSR count). The first-order valence-electron chi connectivity index (χ1n) is 6.86. The summed E-state index contributed by atoms with van der Waals surface area (Å²) in [7, 11) is 1.69. The number of anilines is 1. The lowest BCUT2D eigenvalue weighted by atomic mass is 10.0. The summed E-state index contributed by atoms with van der Waals surface area (Å²) >= 11 is 0. The predicted molar refractivity (Wildman–Crippen MR) is 76.5 cm³/mol. The van der Waals surface area contributed by atoms with Crippen molar-refractivity contribution in [3.05, 3.63) is 29.8 Å². The standard InChI is InChI=1S/C15H22N2O2/c1-3-16-13(11-19-2)10-17-14-7-5-4-6-12(14)8-9-15(17)18/h4-7,13,16H,3,8-11H2,1-2H3. The molecule has 1 N–H and O–H groups in total. The van der Waals surface area contributed by atoms with E-state index in [0.717, 1.165) is 18.7 Å². The highest BCUT2D eigenvalue weighted by atomic mass is 16.5. The highest BCUT2D eigenvalue weighted by Crippen LogP contribution is 2.27. The molecule has 0 bridgehead atoms. The van der Waals surface area contributed by atoms with Crippen molar-refractivity contribution in [1.82, 2.24) is 5.32 Å². The Morgan fingerprint density at radius 3 is 2.89 bits per heavy atom. The smallest absolute Gasteiger partial charge is 0.227 e. The maximum Gasteiger partial charge on any atom is 0.227 e. The summed E-state index contributed by atoms with van der Waals surface area (Å²) in [4.78, 5) is 14.1. The summed E-state index contributed by atoms with van der Waals surface area (Å²) in [5, 5.41) is 3.36. The van der Waals surface area contributed by atoms with Gasteiger partial charge < -0.3 is 15.0 Å². The molecule has 1 atom stereocenters. The number of fused-ring (bicyclic) bond motifs is 1. The monoisotopic (exact) mass is 262 g/mol. The van der Waals surface area contributed by atoms with Gasteiger partial charge in [-0.3, -0.25) is 4.79 Å². The van der Waals surface area contributed by atoms with E-state index in [4.69, 9.17) is 4.74 Å². The van der Waals surface area contributed by atoms with E-state index in [9.17, 15) is 4.79 Å². The summed E-state index contributed by atoms with van der Waals surface area (Å²) in [6.07, 6.45) is 1.45. The molecule has 1 aromatic carbocycles. The number of carbonyl (C=O) groups is 1. The number of ether oxygens (including phenoxy) is 1. The van der Waals surface area contributed by atoms with Gasteiger partial charge in [0, 0.05) is 31.8 Å². The van der Waals surface area contributed by atoms with Crippen molar-refractivity contribution in [3.8, 4) is 0 Å². The second-order valence-electron chi connectivity index (χ2n) is 4.84. The third kappa shape index (κ3) is 3.33. The normalized spacial score (nSPS) is 16.3. The molecule has 1 unspecified atom stereocenters. The van der Waals surface area contributed by atoms with Crippen LogP contribution in [-0.2, 0) is 16.0 Å². The molecule has 0 fully saturated rings. The molecule has 104 valence electrons. The van der Waals surface area contributed by atoms with Crippen molar-refractivity contribution in [2.75, 3.05) is 31.7 Å². The SMILES string of the molecule is CCNC(COC)CN1C(=O)CCc2ccccc21. The number of methoxy groups -OCH3 is 1. The van der Waals surface area contributed by atoms with Crippen LogP contribution in [0.1, 0.15) is 18.9 Å². The van der Waals surface area contributed by atoms with Crippen molar-refractivity contribution in [3.63, 3.8) is 0 Å². The Hall–Kier alpha value is -1.39. The zero-order valence-electron chi connectivity index (χ0n) is 11.7. The van der Waals surface area contributed by atoms with Gasteiger partial charge in [-0.1, -0.05) is 25.1 Å². The summed E-state index contributed by atoms with van der Waals surface area (Å²) in [5.74, 6) is 0.206. The van der Waals surface area contributed by atoms with Crippen LogP contribution in [0, 0.1) is 0 Å². The average molecular weight is 262 g/mol. The molecule has 0 aromatic heterocycles. The molecule has 19 heavy (non-hydrogen) atoms. The average Bonchev–Trinajstić information content (AvgIpc) is 2.42. The summed E-state index contributed by atoms with van der Waals surface area (Å²) in [5.41, 5.74) is 2.31. The van der Waals surface area contributed by atoms with Gasteiger partial charge in [-0.25, -0.2) is 0 Å². The molecule has 1 aromatic rings. The number of likely N-dealkylation sites (N-methyl/N-ethyl adjacent to an activating group) is 1. The maximum absolute atomic E-state index is 12.2. The Bertz CT molecular complexity index is 428. The second-order valence-corrected chi connectivity index (χ2v) is 4.84. The third-order valence-electron chi connectivity index (χ3n) is 3.46. The summed E-state index contributed by atoms with van der Waals surface area (Å²) in [6, 6.07) is 8.33. The molecular formula is C15H22N2O2. The van der Waals surface area contributed by atoms with Crippen LogP contribution in [0.15, 0.2) is 24.3 Å². The zero-order chi connectivity index (χ0) is 13.7. The van der Waals surface area contributed by atoms with Gasteiger partial charge in [-0.05, 0) is 24.6 Å². The molecule has 4 heteroatoms. The number of benzene rings is 1. The quantitative estimate of drug-likeness (QED) is 0.846. The number of nitrogens with one attached hydrogen (secondary N) is 1. The van der Waals surface area contributed by atoms with E-state index in [-0.39, 0.29) is 11.9 Å². The van der Waals surface area contributed by atoms with Crippen LogP contribution < -0.4 is 10.2 Å². The van der Waals surface area contributed by atoms with Crippen molar-refractivity contribution in [2.45, 2.75) is 25.8 Å². The fourth-order valence-corrected chi connectivity index (χ4v) is 2.58. The van der Waals surface area contributed by atoms with Crippen LogP contribution in [0.3, 0.4) is 0 Å². The van der Waals surface area contributed by atoms with E-state index >= 15 is 0 Å². The molecule has 1 heterocycles. The lowest BCUT2D eigenvalue weighted by Crippen LogP contribution is -2.47. The fraction of sp³-hybridized carbons (Fsp3) is 0.533. The molecule has 0 spiro atoms. The molecule has 0 radical (unpaired) electrons. The second kappa shape index (κ2) is 6.68. The van der Waals surface area contributed by atoms with E-state index in [1.807, 2.05) is 23.1 Å². The Morgan fingerprint density at radius 1 is 1.37 bits per heavy atom. The van der Waals surface area contributed by atoms with E-state index in [2.05, 4.69) is 18.3 Å². The van der Waals surface area contributed by atoms with Gasteiger partial charge in [-0.15, -0.1) is 0 Å². The number of para-hydroxylation sites is 1. The highest BCUT2D eigenvalue weighted by molar-refractivity contribution is 5.96. The Morgan fingerprint density at radius 2 is 2.16 bits per heavy atom.